The zero-order valence-electron chi connectivity index (χ0n) is 20.3. The largest absolute Gasteiger partial charge is 0.493 e. The molecule has 4 aliphatic rings. The topological polar surface area (TPSA) is 74.4 Å². The van der Waals surface area contributed by atoms with E-state index in [9.17, 15) is 9.59 Å². The van der Waals surface area contributed by atoms with Crippen molar-refractivity contribution >= 4 is 11.8 Å². The zero-order valence-corrected chi connectivity index (χ0v) is 20.3. The number of carbonyl (C=O) groups is 2. The lowest BCUT2D eigenvalue weighted by molar-refractivity contribution is -0.130. The fourth-order valence-electron chi connectivity index (χ4n) is 5.86. The van der Waals surface area contributed by atoms with E-state index in [-0.39, 0.29) is 24.0 Å². The van der Waals surface area contributed by atoms with Gasteiger partial charge in [-0.25, -0.2) is 0 Å². The molecule has 0 aliphatic carbocycles. The Kier molecular flexibility index (Phi) is 7.37. The molecule has 0 spiro atoms. The number of rotatable bonds is 1. The Bertz CT molecular complexity index is 872. The normalized spacial score (nSPS) is 30.5. The van der Waals surface area contributed by atoms with Crippen LogP contribution in [0.15, 0.2) is 24.3 Å². The van der Waals surface area contributed by atoms with Crippen LogP contribution in [0.2, 0.25) is 0 Å². The van der Waals surface area contributed by atoms with Gasteiger partial charge in [-0.15, -0.1) is 0 Å². The summed E-state index contributed by atoms with van der Waals surface area (Å²) in [6, 6.07) is 7.37. The number of benzene rings is 1. The van der Waals surface area contributed by atoms with Crippen molar-refractivity contribution < 1.29 is 19.1 Å². The third-order valence-electron chi connectivity index (χ3n) is 7.94. The van der Waals surface area contributed by atoms with Gasteiger partial charge >= 0.3 is 0 Å². The first-order valence-corrected chi connectivity index (χ1v) is 13.0. The van der Waals surface area contributed by atoms with E-state index in [4.69, 9.17) is 9.47 Å². The van der Waals surface area contributed by atoms with Crippen LogP contribution < -0.4 is 10.1 Å². The summed E-state index contributed by atoms with van der Waals surface area (Å²) in [5, 5.41) is 3.14. The number of amides is 2. The molecule has 3 fully saturated rings. The SMILES string of the molecule is CN1CCC(N2CCN3C(=O)c4ccccc4OCC[C@@H]4CCC[C@@H](CNC(=O)[C@@H]3C2)O4)CC1. The summed E-state index contributed by atoms with van der Waals surface area (Å²) in [5.41, 5.74) is 0.535. The standard InChI is InChI=1S/C26H38N4O4/c1-28-12-9-19(10-13-28)29-14-15-30-23(18-29)25(31)27-17-21-6-4-5-20(34-21)11-16-33-24-8-3-2-7-22(24)26(30)32/h2-3,7-8,19-21,23H,4-6,9-18H2,1H3,(H,27,31)/t20-,21-,23-/m0/s1. The highest BCUT2D eigenvalue weighted by atomic mass is 16.5. The van der Waals surface area contributed by atoms with Crippen LogP contribution in [0.1, 0.15) is 48.9 Å². The number of piperazine rings is 1. The quantitative estimate of drug-likeness (QED) is 0.674. The molecule has 1 aromatic rings. The van der Waals surface area contributed by atoms with Gasteiger partial charge in [-0.3, -0.25) is 14.5 Å². The van der Waals surface area contributed by atoms with Gasteiger partial charge in [0.15, 0.2) is 0 Å². The fourth-order valence-corrected chi connectivity index (χ4v) is 5.86. The van der Waals surface area contributed by atoms with E-state index >= 15 is 0 Å². The van der Waals surface area contributed by atoms with E-state index in [0.29, 0.717) is 43.6 Å². The van der Waals surface area contributed by atoms with Gasteiger partial charge in [0.1, 0.15) is 11.8 Å². The number of fused-ring (bicyclic) bond motifs is 4. The number of likely N-dealkylation sites (tertiary alicyclic amines) is 1. The summed E-state index contributed by atoms with van der Waals surface area (Å²) in [6.07, 6.45) is 6.21. The molecule has 3 atom stereocenters. The second kappa shape index (κ2) is 10.6. The molecule has 0 unspecified atom stereocenters. The fraction of sp³-hybridized carbons (Fsp3) is 0.692. The lowest BCUT2D eigenvalue weighted by atomic mass is 9.99. The van der Waals surface area contributed by atoms with Crippen molar-refractivity contribution in [1.29, 1.82) is 0 Å². The second-order valence-electron chi connectivity index (χ2n) is 10.2. The van der Waals surface area contributed by atoms with Crippen molar-refractivity contribution in [3.8, 4) is 5.75 Å². The van der Waals surface area contributed by atoms with E-state index < -0.39 is 6.04 Å². The molecule has 3 saturated heterocycles. The Balaban J connectivity index is 1.39. The Morgan fingerprint density at radius 3 is 2.59 bits per heavy atom. The van der Waals surface area contributed by atoms with Crippen LogP contribution in [0.3, 0.4) is 0 Å². The molecule has 1 aromatic carbocycles. The van der Waals surface area contributed by atoms with Crippen molar-refractivity contribution in [2.45, 2.75) is 62.8 Å². The van der Waals surface area contributed by atoms with E-state index in [1.807, 2.05) is 24.3 Å². The first kappa shape index (κ1) is 23.6. The maximum atomic E-state index is 13.7. The summed E-state index contributed by atoms with van der Waals surface area (Å²) < 4.78 is 12.3. The van der Waals surface area contributed by atoms with Gasteiger partial charge in [-0.1, -0.05) is 12.1 Å². The maximum Gasteiger partial charge on any atom is 0.258 e. The number of ether oxygens (including phenoxy) is 2. The monoisotopic (exact) mass is 470 g/mol. The first-order chi connectivity index (χ1) is 16.6. The van der Waals surface area contributed by atoms with Crippen LogP contribution in [-0.4, -0.2) is 104 Å². The minimum atomic E-state index is -0.517. The summed E-state index contributed by atoms with van der Waals surface area (Å²) in [4.78, 5) is 33.8. The molecule has 4 heterocycles. The van der Waals surface area contributed by atoms with Crippen LogP contribution in [-0.2, 0) is 9.53 Å². The number of carbonyl (C=O) groups excluding carboxylic acids is 2. The van der Waals surface area contributed by atoms with Crippen molar-refractivity contribution in [2.24, 2.45) is 0 Å². The van der Waals surface area contributed by atoms with E-state index in [0.717, 1.165) is 58.2 Å². The van der Waals surface area contributed by atoms with Gasteiger partial charge in [-0.2, -0.15) is 0 Å². The van der Waals surface area contributed by atoms with E-state index in [1.54, 1.807) is 4.90 Å². The van der Waals surface area contributed by atoms with Gasteiger partial charge in [0.05, 0.1) is 24.4 Å². The Labute approximate surface area is 202 Å². The summed E-state index contributed by atoms with van der Waals surface area (Å²) in [6.45, 7) is 5.07. The molecule has 1 N–H and O–H groups in total. The number of para-hydroxylation sites is 1. The minimum absolute atomic E-state index is 0.0238. The van der Waals surface area contributed by atoms with Crippen molar-refractivity contribution in [3.05, 3.63) is 29.8 Å². The number of piperidine rings is 1. The molecule has 2 bridgehead atoms. The maximum absolute atomic E-state index is 13.7. The molecule has 4 aliphatic heterocycles. The van der Waals surface area contributed by atoms with Gasteiger partial charge < -0.3 is 24.6 Å². The summed E-state index contributed by atoms with van der Waals surface area (Å²) >= 11 is 0. The van der Waals surface area contributed by atoms with Gasteiger partial charge in [-0.05, 0) is 64.4 Å². The van der Waals surface area contributed by atoms with Crippen molar-refractivity contribution in [1.82, 2.24) is 20.0 Å². The molecule has 34 heavy (non-hydrogen) atoms. The smallest absolute Gasteiger partial charge is 0.258 e. The van der Waals surface area contributed by atoms with Crippen LogP contribution in [0.25, 0.3) is 0 Å². The average Bonchev–Trinajstić information content (AvgIpc) is 2.87. The van der Waals surface area contributed by atoms with Crippen LogP contribution in [0, 0.1) is 0 Å². The van der Waals surface area contributed by atoms with Gasteiger partial charge in [0.2, 0.25) is 5.91 Å². The second-order valence-corrected chi connectivity index (χ2v) is 10.2. The van der Waals surface area contributed by atoms with E-state index in [2.05, 4.69) is 22.2 Å². The number of hydrogen-bond donors (Lipinski definition) is 1. The van der Waals surface area contributed by atoms with Crippen LogP contribution in [0.4, 0.5) is 0 Å². The zero-order chi connectivity index (χ0) is 23.5. The molecule has 186 valence electrons. The molecular formula is C26H38N4O4. The summed E-state index contributed by atoms with van der Waals surface area (Å²) in [5.74, 6) is 0.397. The minimum Gasteiger partial charge on any atom is -0.493 e. The third kappa shape index (κ3) is 5.24. The van der Waals surface area contributed by atoms with Crippen LogP contribution in [0.5, 0.6) is 5.75 Å². The summed E-state index contributed by atoms with van der Waals surface area (Å²) in [7, 11) is 2.16. The lowest BCUT2D eigenvalue weighted by Crippen LogP contribution is -2.63. The average molecular weight is 471 g/mol. The number of hydrogen-bond acceptors (Lipinski definition) is 6. The highest BCUT2D eigenvalue weighted by Crippen LogP contribution is 2.27. The van der Waals surface area contributed by atoms with Gasteiger partial charge in [0, 0.05) is 38.6 Å². The molecule has 5 rings (SSSR count). The van der Waals surface area contributed by atoms with Crippen LogP contribution >= 0.6 is 0 Å². The van der Waals surface area contributed by atoms with E-state index in [1.165, 1.54) is 0 Å². The van der Waals surface area contributed by atoms with Crippen molar-refractivity contribution in [3.63, 3.8) is 0 Å². The molecular weight excluding hydrogens is 432 g/mol. The highest BCUT2D eigenvalue weighted by Gasteiger charge is 2.39. The van der Waals surface area contributed by atoms with Crippen molar-refractivity contribution in [2.75, 3.05) is 52.9 Å². The first-order valence-electron chi connectivity index (χ1n) is 13.0. The third-order valence-corrected chi connectivity index (χ3v) is 7.94. The molecule has 2 amide bonds. The predicted molar refractivity (Wildman–Crippen MR) is 129 cm³/mol. The molecule has 0 aromatic heterocycles. The molecule has 0 saturated carbocycles. The lowest BCUT2D eigenvalue weighted by Gasteiger charge is -2.45. The number of nitrogens with zero attached hydrogens (tertiary/aromatic N) is 3. The molecule has 0 radical (unpaired) electrons. The Morgan fingerprint density at radius 2 is 1.74 bits per heavy atom. The number of nitrogens with one attached hydrogen (secondary N) is 1. The Hall–Kier alpha value is -2.16. The predicted octanol–water partition coefficient (Wildman–Crippen LogP) is 1.74. The van der Waals surface area contributed by atoms with Gasteiger partial charge in [0.25, 0.3) is 5.91 Å². The molecule has 8 heteroatoms. The molecule has 8 nitrogen and oxygen atoms in total. The highest BCUT2D eigenvalue weighted by molar-refractivity contribution is 6.00. The Morgan fingerprint density at radius 1 is 0.941 bits per heavy atom.